The van der Waals surface area contributed by atoms with Crippen molar-refractivity contribution in [2.45, 2.75) is 6.42 Å². The number of thiophene rings is 1. The van der Waals surface area contributed by atoms with Gasteiger partial charge >= 0.3 is 0 Å². The van der Waals surface area contributed by atoms with Gasteiger partial charge < -0.3 is 5.32 Å². The second kappa shape index (κ2) is 4.80. The van der Waals surface area contributed by atoms with Crippen molar-refractivity contribution in [2.24, 2.45) is 0 Å². The molecule has 0 bridgehead atoms. The van der Waals surface area contributed by atoms with Crippen LogP contribution in [0.25, 0.3) is 0 Å². The molecular weight excluding hydrogens is 202 g/mol. The van der Waals surface area contributed by atoms with Crippen LogP contribution in [-0.4, -0.2) is 0 Å². The molecule has 15 heavy (non-hydrogen) atoms. The Morgan fingerprint density at radius 2 is 2.00 bits per heavy atom. The molecule has 76 valence electrons. The van der Waals surface area contributed by atoms with Gasteiger partial charge in [0.1, 0.15) is 0 Å². The molecule has 0 saturated heterocycles. The van der Waals surface area contributed by atoms with E-state index in [1.54, 1.807) is 11.3 Å². The van der Waals surface area contributed by atoms with Gasteiger partial charge in [-0.2, -0.15) is 0 Å². The fraction of sp³-hybridized carbons (Fsp3) is 0.0769. The normalized spacial score (nSPS) is 9.87. The van der Waals surface area contributed by atoms with Crippen LogP contribution >= 0.6 is 11.3 Å². The first kappa shape index (κ1) is 9.99. The first-order valence-corrected chi connectivity index (χ1v) is 5.77. The van der Waals surface area contributed by atoms with E-state index in [2.05, 4.69) is 47.6 Å². The molecule has 2 rings (SSSR count). The molecule has 2 aromatic rings. The van der Waals surface area contributed by atoms with Gasteiger partial charge in [0, 0.05) is 5.69 Å². The van der Waals surface area contributed by atoms with E-state index in [0.29, 0.717) is 0 Å². The Morgan fingerprint density at radius 1 is 1.20 bits per heavy atom. The molecule has 0 unspecified atom stereocenters. The van der Waals surface area contributed by atoms with Gasteiger partial charge in [-0.25, -0.2) is 0 Å². The van der Waals surface area contributed by atoms with Crippen molar-refractivity contribution in [3.8, 4) is 0 Å². The molecule has 1 aromatic heterocycles. The van der Waals surface area contributed by atoms with E-state index in [1.165, 1.54) is 10.6 Å². The Hall–Kier alpha value is -1.54. The third-order valence-corrected chi connectivity index (χ3v) is 2.91. The van der Waals surface area contributed by atoms with Crippen molar-refractivity contribution in [2.75, 3.05) is 5.32 Å². The summed E-state index contributed by atoms with van der Waals surface area (Å²) in [6.07, 6.45) is 2.85. The summed E-state index contributed by atoms with van der Waals surface area (Å²) >= 11 is 1.70. The zero-order valence-electron chi connectivity index (χ0n) is 8.44. The lowest BCUT2D eigenvalue weighted by molar-refractivity contribution is 1.28. The monoisotopic (exact) mass is 215 g/mol. The van der Waals surface area contributed by atoms with Crippen molar-refractivity contribution in [3.63, 3.8) is 0 Å². The van der Waals surface area contributed by atoms with E-state index < -0.39 is 0 Å². The average Bonchev–Trinajstić information content (AvgIpc) is 2.74. The molecule has 0 aliphatic rings. The van der Waals surface area contributed by atoms with E-state index in [9.17, 15) is 0 Å². The highest BCUT2D eigenvalue weighted by atomic mass is 32.1. The average molecular weight is 215 g/mol. The van der Waals surface area contributed by atoms with Gasteiger partial charge in [0.05, 0.1) is 5.00 Å². The van der Waals surface area contributed by atoms with Crippen molar-refractivity contribution >= 4 is 22.0 Å². The summed E-state index contributed by atoms with van der Waals surface area (Å²) in [5.41, 5.74) is 2.42. The second-order valence-electron chi connectivity index (χ2n) is 3.29. The summed E-state index contributed by atoms with van der Waals surface area (Å²) in [6, 6.07) is 12.5. The second-order valence-corrected chi connectivity index (χ2v) is 4.24. The van der Waals surface area contributed by atoms with E-state index >= 15 is 0 Å². The largest absolute Gasteiger partial charge is 0.347 e. The third-order valence-electron chi connectivity index (χ3n) is 2.12. The molecule has 0 aliphatic heterocycles. The molecular formula is C13H13NS. The van der Waals surface area contributed by atoms with Gasteiger partial charge in [-0.3, -0.25) is 0 Å². The molecule has 2 heteroatoms. The lowest BCUT2D eigenvalue weighted by Gasteiger charge is -2.04. The molecule has 0 fully saturated rings. The third kappa shape index (κ3) is 2.70. The highest BCUT2D eigenvalue weighted by Crippen LogP contribution is 2.21. The molecule has 1 heterocycles. The predicted octanol–water partition coefficient (Wildman–Crippen LogP) is 4.22. The predicted molar refractivity (Wildman–Crippen MR) is 67.9 cm³/mol. The maximum absolute atomic E-state index is 3.73. The molecule has 1 nitrogen and oxygen atoms in total. The van der Waals surface area contributed by atoms with Crippen molar-refractivity contribution in [1.29, 1.82) is 0 Å². The van der Waals surface area contributed by atoms with Crippen LogP contribution in [0, 0.1) is 0 Å². The van der Waals surface area contributed by atoms with Crippen molar-refractivity contribution in [3.05, 3.63) is 60.0 Å². The van der Waals surface area contributed by atoms with E-state index in [0.717, 1.165) is 12.1 Å². The molecule has 0 atom stereocenters. The van der Waals surface area contributed by atoms with Crippen LogP contribution in [0.1, 0.15) is 5.56 Å². The number of benzene rings is 1. The number of rotatable bonds is 4. The highest BCUT2D eigenvalue weighted by molar-refractivity contribution is 7.14. The minimum atomic E-state index is 0.930. The van der Waals surface area contributed by atoms with Crippen LogP contribution in [0.15, 0.2) is 54.4 Å². The lowest BCUT2D eigenvalue weighted by Crippen LogP contribution is -1.87. The fourth-order valence-corrected chi connectivity index (χ4v) is 2.02. The van der Waals surface area contributed by atoms with Gasteiger partial charge in [-0.15, -0.1) is 17.9 Å². The molecule has 1 aromatic carbocycles. The van der Waals surface area contributed by atoms with Crippen molar-refractivity contribution in [1.82, 2.24) is 0 Å². The van der Waals surface area contributed by atoms with E-state index in [1.807, 2.05) is 12.1 Å². The van der Waals surface area contributed by atoms with Crippen LogP contribution in [0.4, 0.5) is 10.7 Å². The summed E-state index contributed by atoms with van der Waals surface area (Å²) in [5.74, 6) is 0. The van der Waals surface area contributed by atoms with Gasteiger partial charge in [0.25, 0.3) is 0 Å². The van der Waals surface area contributed by atoms with Gasteiger partial charge in [0.2, 0.25) is 0 Å². The topological polar surface area (TPSA) is 12.0 Å². The SMILES string of the molecule is C=CCc1ccc(Nc2cccs2)cc1. The number of allylic oxidation sites excluding steroid dienone is 1. The Bertz CT molecular complexity index is 414. The lowest BCUT2D eigenvalue weighted by atomic mass is 10.1. The molecule has 0 spiro atoms. The zero-order valence-corrected chi connectivity index (χ0v) is 9.26. The summed E-state index contributed by atoms with van der Waals surface area (Å²) in [6.45, 7) is 3.73. The minimum Gasteiger partial charge on any atom is -0.347 e. The van der Waals surface area contributed by atoms with Crippen molar-refractivity contribution < 1.29 is 0 Å². The minimum absolute atomic E-state index is 0.930. The molecule has 1 N–H and O–H groups in total. The molecule has 0 aliphatic carbocycles. The van der Waals surface area contributed by atoms with Gasteiger partial charge in [0.15, 0.2) is 0 Å². The summed E-state index contributed by atoms with van der Waals surface area (Å²) < 4.78 is 0. The maximum atomic E-state index is 3.73. The van der Waals surface area contributed by atoms with Gasteiger partial charge in [-0.05, 0) is 41.6 Å². The fourth-order valence-electron chi connectivity index (χ4n) is 1.38. The Morgan fingerprint density at radius 3 is 2.60 bits per heavy atom. The van der Waals surface area contributed by atoms with Crippen LogP contribution in [-0.2, 0) is 6.42 Å². The Balaban J connectivity index is 2.07. The van der Waals surface area contributed by atoms with Crippen LogP contribution < -0.4 is 5.32 Å². The summed E-state index contributed by atoms with van der Waals surface area (Å²) in [4.78, 5) is 0. The van der Waals surface area contributed by atoms with Crippen LogP contribution in [0.5, 0.6) is 0 Å². The van der Waals surface area contributed by atoms with Crippen LogP contribution in [0.2, 0.25) is 0 Å². The smallest absolute Gasteiger partial charge is 0.0926 e. The Labute approximate surface area is 94.1 Å². The summed E-state index contributed by atoms with van der Waals surface area (Å²) in [5, 5.41) is 6.58. The first-order chi connectivity index (χ1) is 7.38. The van der Waals surface area contributed by atoms with Gasteiger partial charge in [-0.1, -0.05) is 18.2 Å². The first-order valence-electron chi connectivity index (χ1n) is 4.89. The van der Waals surface area contributed by atoms with Crippen LogP contribution in [0.3, 0.4) is 0 Å². The zero-order chi connectivity index (χ0) is 10.5. The summed E-state index contributed by atoms with van der Waals surface area (Å²) in [7, 11) is 0. The molecule has 0 amide bonds. The Kier molecular flexibility index (Phi) is 3.20. The maximum Gasteiger partial charge on any atom is 0.0926 e. The molecule has 0 radical (unpaired) electrons. The number of hydrogen-bond donors (Lipinski definition) is 1. The standard InChI is InChI=1S/C13H13NS/c1-2-4-11-6-8-12(9-7-11)14-13-5-3-10-15-13/h2-3,5-10,14H,1,4H2. The molecule has 0 saturated carbocycles. The number of anilines is 2. The van der Waals surface area contributed by atoms with E-state index in [4.69, 9.17) is 0 Å². The number of hydrogen-bond acceptors (Lipinski definition) is 2. The quantitative estimate of drug-likeness (QED) is 0.753. The highest BCUT2D eigenvalue weighted by Gasteiger charge is 1.95. The van der Waals surface area contributed by atoms with E-state index in [-0.39, 0.29) is 0 Å². The number of nitrogens with one attached hydrogen (secondary N) is 1.